The van der Waals surface area contributed by atoms with E-state index in [1.807, 2.05) is 0 Å². The largest absolute Gasteiger partial charge is 0.434 e. The molecule has 1 aromatic carbocycles. The molecular formula is C10H7F4IO2. The third-order valence-electron chi connectivity index (χ3n) is 1.93. The van der Waals surface area contributed by atoms with Crippen LogP contribution >= 0.6 is 22.6 Å². The molecule has 2 nitrogen and oxygen atoms in total. The van der Waals surface area contributed by atoms with Crippen molar-refractivity contribution in [3.05, 3.63) is 26.8 Å². The number of carbonyl (C=O) groups excluding carboxylic acids is 1. The molecule has 0 heterocycles. The molecule has 1 rings (SSSR count). The van der Waals surface area contributed by atoms with Crippen LogP contribution in [0.1, 0.15) is 29.3 Å². The van der Waals surface area contributed by atoms with Gasteiger partial charge in [-0.2, -0.15) is 8.78 Å². The van der Waals surface area contributed by atoms with Crippen molar-refractivity contribution in [1.29, 1.82) is 0 Å². The molecule has 0 spiro atoms. The summed E-state index contributed by atoms with van der Waals surface area (Å²) in [5.41, 5.74) is -0.654. The first kappa shape index (κ1) is 14.2. The number of rotatable bonds is 4. The summed E-state index contributed by atoms with van der Waals surface area (Å²) < 4.78 is 53.4. The number of ether oxygens (including phenoxy) is 1. The number of hydrogen-bond acceptors (Lipinski definition) is 2. The maximum Gasteiger partial charge on any atom is 0.387 e. The molecule has 1 aromatic rings. The molecule has 94 valence electrons. The number of halogens is 5. The second-order valence-electron chi connectivity index (χ2n) is 3.11. The maximum atomic E-state index is 12.6. The van der Waals surface area contributed by atoms with E-state index in [9.17, 15) is 22.4 Å². The van der Waals surface area contributed by atoms with Gasteiger partial charge in [-0.05, 0) is 41.6 Å². The van der Waals surface area contributed by atoms with Crippen LogP contribution in [0.25, 0.3) is 0 Å². The van der Waals surface area contributed by atoms with Crippen LogP contribution in [0.4, 0.5) is 17.6 Å². The number of carbonyl (C=O) groups is 1. The Hall–Kier alpha value is -0.860. The molecule has 0 radical (unpaired) electrons. The predicted molar refractivity (Wildman–Crippen MR) is 60.8 cm³/mol. The molecule has 17 heavy (non-hydrogen) atoms. The summed E-state index contributed by atoms with van der Waals surface area (Å²) in [7, 11) is 0. The number of ketones is 1. The van der Waals surface area contributed by atoms with E-state index in [1.165, 1.54) is 0 Å². The summed E-state index contributed by atoms with van der Waals surface area (Å²) in [4.78, 5) is 11.2. The van der Waals surface area contributed by atoms with Gasteiger partial charge in [-0.25, -0.2) is 8.78 Å². The van der Waals surface area contributed by atoms with Gasteiger partial charge in [-0.15, -0.1) is 0 Å². The Balaban J connectivity index is 3.30. The Bertz CT molecular complexity index is 435. The Kier molecular flexibility index (Phi) is 4.72. The Labute approximate surface area is 108 Å². The van der Waals surface area contributed by atoms with Crippen LogP contribution in [-0.4, -0.2) is 12.4 Å². The van der Waals surface area contributed by atoms with Crippen molar-refractivity contribution >= 4 is 28.4 Å². The lowest BCUT2D eigenvalue weighted by Gasteiger charge is -2.12. The van der Waals surface area contributed by atoms with Gasteiger partial charge in [0.25, 0.3) is 6.43 Å². The predicted octanol–water partition coefficient (Wildman–Crippen LogP) is 4.03. The summed E-state index contributed by atoms with van der Waals surface area (Å²) in [5, 5.41) is 0. The molecule has 0 atom stereocenters. The number of alkyl halides is 4. The number of benzene rings is 1. The molecule has 0 unspecified atom stereocenters. The van der Waals surface area contributed by atoms with Gasteiger partial charge in [0.15, 0.2) is 5.78 Å². The van der Waals surface area contributed by atoms with Gasteiger partial charge in [0.05, 0.1) is 5.56 Å². The molecule has 7 heteroatoms. The van der Waals surface area contributed by atoms with E-state index in [0.717, 1.165) is 19.1 Å². The monoisotopic (exact) mass is 362 g/mol. The van der Waals surface area contributed by atoms with E-state index in [0.29, 0.717) is 0 Å². The van der Waals surface area contributed by atoms with E-state index in [1.54, 1.807) is 22.6 Å². The summed E-state index contributed by atoms with van der Waals surface area (Å²) in [5.74, 6) is -1.000. The zero-order valence-corrected chi connectivity index (χ0v) is 10.7. The highest BCUT2D eigenvalue weighted by atomic mass is 127. The van der Waals surface area contributed by atoms with Crippen LogP contribution in [-0.2, 0) is 0 Å². The third-order valence-corrected chi connectivity index (χ3v) is 2.86. The Morgan fingerprint density at radius 2 is 1.88 bits per heavy atom. The fourth-order valence-electron chi connectivity index (χ4n) is 1.21. The van der Waals surface area contributed by atoms with E-state index in [2.05, 4.69) is 4.74 Å². The molecule has 0 aliphatic rings. The lowest BCUT2D eigenvalue weighted by molar-refractivity contribution is -0.0502. The molecule has 0 bridgehead atoms. The molecule has 0 amide bonds. The average molecular weight is 362 g/mol. The second kappa shape index (κ2) is 5.65. The number of hydrogen-bond donors (Lipinski definition) is 0. The van der Waals surface area contributed by atoms with E-state index in [-0.39, 0.29) is 20.4 Å². The van der Waals surface area contributed by atoms with Crippen LogP contribution in [0.15, 0.2) is 12.1 Å². The van der Waals surface area contributed by atoms with Crippen LogP contribution in [0.3, 0.4) is 0 Å². The van der Waals surface area contributed by atoms with Crippen molar-refractivity contribution in [2.24, 2.45) is 0 Å². The van der Waals surface area contributed by atoms with E-state index >= 15 is 0 Å². The van der Waals surface area contributed by atoms with Crippen molar-refractivity contribution in [1.82, 2.24) is 0 Å². The smallest absolute Gasteiger partial charge is 0.387 e. The van der Waals surface area contributed by atoms with Gasteiger partial charge in [-0.3, -0.25) is 4.79 Å². The molecule has 0 saturated carbocycles. The quantitative estimate of drug-likeness (QED) is 0.459. The topological polar surface area (TPSA) is 26.3 Å². The van der Waals surface area contributed by atoms with Crippen molar-refractivity contribution < 1.29 is 27.1 Å². The minimum absolute atomic E-state index is 0.0678. The third kappa shape index (κ3) is 3.55. The van der Waals surface area contributed by atoms with Gasteiger partial charge in [0.1, 0.15) is 5.75 Å². The van der Waals surface area contributed by atoms with Crippen molar-refractivity contribution in [2.75, 3.05) is 0 Å². The molecule has 0 aliphatic carbocycles. The highest BCUT2D eigenvalue weighted by molar-refractivity contribution is 14.1. The molecule has 0 saturated heterocycles. The molecule has 0 aliphatic heterocycles. The standard InChI is InChI=1S/C10H7F4IO2/c1-4(16)5-2-6(9(11)12)7(15)3-8(5)17-10(13)14/h2-3,9-10H,1H3. The first-order chi connectivity index (χ1) is 7.82. The molecule has 0 aromatic heterocycles. The zero-order valence-electron chi connectivity index (χ0n) is 8.52. The second-order valence-corrected chi connectivity index (χ2v) is 4.27. The lowest BCUT2D eigenvalue weighted by Crippen LogP contribution is -2.08. The van der Waals surface area contributed by atoms with Crippen molar-refractivity contribution in [2.45, 2.75) is 20.0 Å². The van der Waals surface area contributed by atoms with E-state index in [4.69, 9.17) is 0 Å². The van der Waals surface area contributed by atoms with E-state index < -0.39 is 18.8 Å². The van der Waals surface area contributed by atoms with Crippen molar-refractivity contribution in [3.63, 3.8) is 0 Å². The van der Waals surface area contributed by atoms with Crippen LogP contribution in [0, 0.1) is 3.57 Å². The fraction of sp³-hybridized carbons (Fsp3) is 0.300. The van der Waals surface area contributed by atoms with Crippen LogP contribution in [0.2, 0.25) is 0 Å². The minimum atomic E-state index is -3.11. The van der Waals surface area contributed by atoms with Gasteiger partial charge in [-0.1, -0.05) is 0 Å². The van der Waals surface area contributed by atoms with Crippen LogP contribution < -0.4 is 4.74 Å². The van der Waals surface area contributed by atoms with Gasteiger partial charge in [0.2, 0.25) is 0 Å². The molecular weight excluding hydrogens is 355 g/mol. The summed E-state index contributed by atoms with van der Waals surface area (Å²) >= 11 is 1.57. The summed E-state index contributed by atoms with van der Waals surface area (Å²) in [6.07, 6.45) is -2.78. The molecule has 0 fully saturated rings. The highest BCUT2D eigenvalue weighted by Gasteiger charge is 2.20. The van der Waals surface area contributed by atoms with Gasteiger partial charge < -0.3 is 4.74 Å². The average Bonchev–Trinajstić information content (AvgIpc) is 2.15. The SMILES string of the molecule is CC(=O)c1cc(C(F)F)c(I)cc1OC(F)F. The zero-order chi connectivity index (χ0) is 13.2. The fourth-order valence-corrected chi connectivity index (χ4v) is 1.88. The van der Waals surface area contributed by atoms with Gasteiger partial charge in [0, 0.05) is 9.13 Å². The normalized spacial score (nSPS) is 11.1. The number of Topliss-reactive ketones (excluding diaryl/α,β-unsaturated/α-hetero) is 1. The lowest BCUT2D eigenvalue weighted by atomic mass is 10.1. The molecule has 0 N–H and O–H groups in total. The first-order valence-electron chi connectivity index (χ1n) is 4.40. The summed E-state index contributed by atoms with van der Waals surface area (Å²) in [6, 6.07) is 1.89. The van der Waals surface area contributed by atoms with Gasteiger partial charge >= 0.3 is 6.61 Å². The minimum Gasteiger partial charge on any atom is -0.434 e. The highest BCUT2D eigenvalue weighted by Crippen LogP contribution is 2.32. The van der Waals surface area contributed by atoms with Crippen LogP contribution in [0.5, 0.6) is 5.75 Å². The maximum absolute atomic E-state index is 12.6. The Morgan fingerprint density at radius 3 is 2.29 bits per heavy atom. The Morgan fingerprint density at radius 1 is 1.29 bits per heavy atom. The first-order valence-corrected chi connectivity index (χ1v) is 5.48. The summed E-state index contributed by atoms with van der Waals surface area (Å²) in [6.45, 7) is -2.02. The van der Waals surface area contributed by atoms with Crippen molar-refractivity contribution in [3.8, 4) is 5.75 Å².